The molecule has 0 atom stereocenters. The largest absolute Gasteiger partial charge is 0.379 e. The van der Waals surface area contributed by atoms with E-state index in [9.17, 15) is 13.6 Å². The molecule has 0 aromatic heterocycles. The number of rotatable bonds is 7. The summed E-state index contributed by atoms with van der Waals surface area (Å²) in [4.78, 5) is 10.5. The minimum absolute atomic E-state index is 0.0152. The standard InChI is InChI=1S/C7H14F2N2O3/c1-2-13-3-4-14-5-7(8,9)6(12)11-10/h2-5,10H2,1H3,(H,11,12). The Morgan fingerprint density at radius 1 is 1.43 bits per heavy atom. The molecule has 0 saturated heterocycles. The smallest absolute Gasteiger partial charge is 0.348 e. The van der Waals surface area contributed by atoms with Gasteiger partial charge in [0.1, 0.15) is 6.61 Å². The maximum atomic E-state index is 12.7. The van der Waals surface area contributed by atoms with Crippen LogP contribution < -0.4 is 11.3 Å². The van der Waals surface area contributed by atoms with E-state index in [0.29, 0.717) is 6.61 Å². The van der Waals surface area contributed by atoms with Crippen LogP contribution in [0.3, 0.4) is 0 Å². The molecule has 1 amide bonds. The molecule has 14 heavy (non-hydrogen) atoms. The normalized spacial score (nSPS) is 11.4. The molecule has 0 aromatic rings. The number of hydrogen-bond donors (Lipinski definition) is 2. The van der Waals surface area contributed by atoms with Gasteiger partial charge in [0, 0.05) is 6.61 Å². The maximum absolute atomic E-state index is 12.7. The van der Waals surface area contributed by atoms with Gasteiger partial charge in [0.25, 0.3) is 0 Å². The van der Waals surface area contributed by atoms with Gasteiger partial charge >= 0.3 is 11.8 Å². The molecule has 0 saturated carbocycles. The van der Waals surface area contributed by atoms with E-state index < -0.39 is 18.4 Å². The zero-order valence-electron chi connectivity index (χ0n) is 7.89. The molecule has 5 nitrogen and oxygen atoms in total. The number of hydrazine groups is 1. The van der Waals surface area contributed by atoms with Gasteiger partial charge in [-0.25, -0.2) is 5.84 Å². The van der Waals surface area contributed by atoms with Crippen LogP contribution in [0.1, 0.15) is 6.92 Å². The Kier molecular flexibility index (Phi) is 6.26. The van der Waals surface area contributed by atoms with Crippen LogP contribution in [0.5, 0.6) is 0 Å². The second kappa shape index (κ2) is 6.63. The summed E-state index contributed by atoms with van der Waals surface area (Å²) in [5.74, 6) is -0.607. The Balaban J connectivity index is 3.60. The third-order valence-corrected chi connectivity index (χ3v) is 1.32. The van der Waals surface area contributed by atoms with Crippen molar-refractivity contribution in [1.82, 2.24) is 5.43 Å². The molecule has 0 aliphatic heterocycles. The molecular weight excluding hydrogens is 198 g/mol. The maximum Gasteiger partial charge on any atom is 0.348 e. The van der Waals surface area contributed by atoms with Crippen molar-refractivity contribution in [3.05, 3.63) is 0 Å². The fourth-order valence-corrected chi connectivity index (χ4v) is 0.634. The highest BCUT2D eigenvalue weighted by Gasteiger charge is 2.38. The number of nitrogens with two attached hydrogens (primary N) is 1. The van der Waals surface area contributed by atoms with Crippen molar-refractivity contribution < 1.29 is 23.0 Å². The summed E-state index contributed by atoms with van der Waals surface area (Å²) in [5, 5.41) is 0. The van der Waals surface area contributed by atoms with Crippen LogP contribution in [-0.2, 0) is 14.3 Å². The molecular formula is C7H14F2N2O3. The lowest BCUT2D eigenvalue weighted by Gasteiger charge is -2.14. The van der Waals surface area contributed by atoms with E-state index in [0.717, 1.165) is 0 Å². The highest BCUT2D eigenvalue weighted by molar-refractivity contribution is 5.82. The van der Waals surface area contributed by atoms with E-state index in [1.807, 2.05) is 0 Å². The predicted molar refractivity (Wildman–Crippen MR) is 44.6 cm³/mol. The fraction of sp³-hybridized carbons (Fsp3) is 0.857. The quantitative estimate of drug-likeness (QED) is 0.262. The van der Waals surface area contributed by atoms with Crippen molar-refractivity contribution in [3.8, 4) is 0 Å². The Morgan fingerprint density at radius 3 is 2.50 bits per heavy atom. The zero-order valence-corrected chi connectivity index (χ0v) is 7.89. The summed E-state index contributed by atoms with van der Waals surface area (Å²) in [6.07, 6.45) is 0. The Hall–Kier alpha value is -0.790. The third-order valence-electron chi connectivity index (χ3n) is 1.32. The van der Waals surface area contributed by atoms with Crippen molar-refractivity contribution in [2.45, 2.75) is 12.8 Å². The van der Waals surface area contributed by atoms with Crippen LogP contribution in [0, 0.1) is 0 Å². The van der Waals surface area contributed by atoms with Crippen molar-refractivity contribution in [1.29, 1.82) is 0 Å². The number of nitrogens with one attached hydrogen (secondary N) is 1. The van der Waals surface area contributed by atoms with Gasteiger partial charge in [-0.2, -0.15) is 8.78 Å². The molecule has 0 aliphatic carbocycles. The van der Waals surface area contributed by atoms with Crippen LogP contribution >= 0.6 is 0 Å². The van der Waals surface area contributed by atoms with Crippen LogP contribution in [0.15, 0.2) is 0 Å². The number of amides is 1. The second-order valence-corrected chi connectivity index (χ2v) is 2.43. The first-order valence-electron chi connectivity index (χ1n) is 4.09. The summed E-state index contributed by atoms with van der Waals surface area (Å²) in [5.41, 5.74) is 1.36. The Bertz CT molecular complexity index is 178. The second-order valence-electron chi connectivity index (χ2n) is 2.43. The number of carbonyl (C=O) groups excluding carboxylic acids is 1. The lowest BCUT2D eigenvalue weighted by atomic mass is 10.3. The molecule has 0 aromatic carbocycles. The summed E-state index contributed by atoms with van der Waals surface area (Å²) >= 11 is 0. The molecule has 0 bridgehead atoms. The van der Waals surface area contributed by atoms with E-state index >= 15 is 0 Å². The minimum atomic E-state index is -3.60. The molecule has 7 heteroatoms. The number of ether oxygens (including phenoxy) is 2. The third kappa shape index (κ3) is 5.05. The van der Waals surface area contributed by atoms with Gasteiger partial charge in [-0.3, -0.25) is 10.2 Å². The molecule has 0 heterocycles. The van der Waals surface area contributed by atoms with Crippen LogP contribution in [-0.4, -0.2) is 38.3 Å². The van der Waals surface area contributed by atoms with Crippen LogP contribution in [0.25, 0.3) is 0 Å². The highest BCUT2D eigenvalue weighted by Crippen LogP contribution is 2.13. The number of hydrogen-bond acceptors (Lipinski definition) is 4. The van der Waals surface area contributed by atoms with Crippen molar-refractivity contribution in [2.75, 3.05) is 26.4 Å². The summed E-state index contributed by atoms with van der Waals surface area (Å²) in [6.45, 7) is 1.50. The van der Waals surface area contributed by atoms with Gasteiger partial charge in [0.15, 0.2) is 0 Å². The van der Waals surface area contributed by atoms with Gasteiger partial charge in [0.05, 0.1) is 13.2 Å². The van der Waals surface area contributed by atoms with Gasteiger partial charge in [-0.05, 0) is 6.92 Å². The van der Waals surface area contributed by atoms with Crippen molar-refractivity contribution >= 4 is 5.91 Å². The first kappa shape index (κ1) is 13.2. The minimum Gasteiger partial charge on any atom is -0.379 e. The first-order chi connectivity index (χ1) is 6.54. The van der Waals surface area contributed by atoms with E-state index in [4.69, 9.17) is 4.74 Å². The first-order valence-corrected chi connectivity index (χ1v) is 4.09. The average molecular weight is 212 g/mol. The molecule has 0 unspecified atom stereocenters. The molecule has 0 radical (unpaired) electrons. The molecule has 0 aliphatic rings. The zero-order chi connectivity index (χ0) is 11.0. The molecule has 0 fully saturated rings. The van der Waals surface area contributed by atoms with Crippen LogP contribution in [0.2, 0.25) is 0 Å². The van der Waals surface area contributed by atoms with Crippen molar-refractivity contribution in [3.63, 3.8) is 0 Å². The lowest BCUT2D eigenvalue weighted by Crippen LogP contribution is -2.46. The van der Waals surface area contributed by atoms with Crippen molar-refractivity contribution in [2.24, 2.45) is 5.84 Å². The number of carbonyl (C=O) groups is 1. The van der Waals surface area contributed by atoms with E-state index in [1.165, 1.54) is 5.43 Å². The van der Waals surface area contributed by atoms with Gasteiger partial charge < -0.3 is 9.47 Å². The summed E-state index contributed by atoms with van der Waals surface area (Å²) < 4.78 is 34.7. The molecule has 3 N–H and O–H groups in total. The molecule has 0 spiro atoms. The SMILES string of the molecule is CCOCCOCC(F)(F)C(=O)NN. The fourth-order valence-electron chi connectivity index (χ4n) is 0.634. The summed E-state index contributed by atoms with van der Waals surface area (Å²) in [6, 6.07) is 0. The Morgan fingerprint density at radius 2 is 2.00 bits per heavy atom. The summed E-state index contributed by atoms with van der Waals surface area (Å²) in [7, 11) is 0. The monoisotopic (exact) mass is 212 g/mol. The van der Waals surface area contributed by atoms with Gasteiger partial charge in [-0.15, -0.1) is 0 Å². The van der Waals surface area contributed by atoms with E-state index in [1.54, 1.807) is 6.92 Å². The topological polar surface area (TPSA) is 73.6 Å². The number of halogens is 2. The highest BCUT2D eigenvalue weighted by atomic mass is 19.3. The van der Waals surface area contributed by atoms with E-state index in [2.05, 4.69) is 10.6 Å². The Labute approximate surface area is 80.5 Å². The van der Waals surface area contributed by atoms with Crippen LogP contribution in [0.4, 0.5) is 8.78 Å². The molecule has 84 valence electrons. The molecule has 0 rings (SSSR count). The average Bonchev–Trinajstić information content (AvgIpc) is 2.16. The van der Waals surface area contributed by atoms with E-state index in [-0.39, 0.29) is 13.2 Å². The van der Waals surface area contributed by atoms with Gasteiger partial charge in [-0.1, -0.05) is 0 Å². The predicted octanol–water partition coefficient (Wildman–Crippen LogP) is -0.335. The van der Waals surface area contributed by atoms with Gasteiger partial charge in [0.2, 0.25) is 0 Å². The number of alkyl halides is 2. The lowest BCUT2D eigenvalue weighted by molar-refractivity contribution is -0.155.